The van der Waals surface area contributed by atoms with Crippen molar-refractivity contribution in [2.45, 2.75) is 31.8 Å². The fraction of sp³-hybridized carbons (Fsp3) is 0.200. The van der Waals surface area contributed by atoms with E-state index in [2.05, 4.69) is 22.5 Å². The highest BCUT2D eigenvalue weighted by Gasteiger charge is 2.41. The number of hydrogen-bond acceptors (Lipinski definition) is 5. The van der Waals surface area contributed by atoms with Gasteiger partial charge in [-0.2, -0.15) is 0 Å². The first-order chi connectivity index (χ1) is 18.9. The van der Waals surface area contributed by atoms with Crippen LogP contribution >= 0.6 is 12.2 Å². The Morgan fingerprint density at radius 1 is 1.05 bits per heavy atom. The molecule has 0 aliphatic carbocycles. The Morgan fingerprint density at radius 2 is 1.82 bits per heavy atom. The molecule has 3 heterocycles. The van der Waals surface area contributed by atoms with E-state index in [1.807, 2.05) is 59.5 Å². The van der Waals surface area contributed by atoms with Crippen LogP contribution in [0.15, 0.2) is 89.5 Å². The molecular formula is C30H28N4O4S. The van der Waals surface area contributed by atoms with Gasteiger partial charge in [-0.15, -0.1) is 0 Å². The van der Waals surface area contributed by atoms with E-state index in [1.54, 1.807) is 30.5 Å². The lowest BCUT2D eigenvalue weighted by molar-refractivity contribution is -0.116. The fourth-order valence-electron chi connectivity index (χ4n) is 4.78. The maximum Gasteiger partial charge on any atom is 0.335 e. The van der Waals surface area contributed by atoms with Crippen molar-refractivity contribution in [1.29, 1.82) is 0 Å². The number of para-hydroxylation sites is 1. The van der Waals surface area contributed by atoms with Crippen molar-refractivity contribution in [2.24, 2.45) is 0 Å². The number of benzene rings is 2. The number of aryl methyl sites for hydroxylation is 1. The quantitative estimate of drug-likeness (QED) is 0.235. The third-order valence-corrected chi connectivity index (χ3v) is 7.14. The van der Waals surface area contributed by atoms with Crippen LogP contribution in [0.4, 0.5) is 5.69 Å². The van der Waals surface area contributed by atoms with Crippen molar-refractivity contribution >= 4 is 34.9 Å². The highest BCUT2D eigenvalue weighted by molar-refractivity contribution is 7.80. The molecule has 1 fully saturated rings. The number of amides is 1. The number of carbonyl (C=O) groups is 2. The van der Waals surface area contributed by atoms with Crippen molar-refractivity contribution in [2.75, 3.05) is 11.9 Å². The van der Waals surface area contributed by atoms with Gasteiger partial charge in [-0.25, -0.2) is 4.79 Å². The van der Waals surface area contributed by atoms with Crippen molar-refractivity contribution in [3.63, 3.8) is 0 Å². The van der Waals surface area contributed by atoms with Gasteiger partial charge in [-0.3, -0.25) is 9.78 Å². The number of nitrogens with zero attached hydrogens (tertiary/aromatic N) is 2. The zero-order chi connectivity index (χ0) is 27.4. The molecule has 39 heavy (non-hydrogen) atoms. The maximum absolute atomic E-state index is 12.9. The number of carboxylic acids is 1. The van der Waals surface area contributed by atoms with Crippen LogP contribution < -0.4 is 10.6 Å². The summed E-state index contributed by atoms with van der Waals surface area (Å²) in [6.07, 6.45) is 2.79. The number of pyridine rings is 1. The van der Waals surface area contributed by atoms with E-state index in [9.17, 15) is 14.7 Å². The Bertz CT molecular complexity index is 1490. The molecule has 2 atom stereocenters. The fourth-order valence-corrected chi connectivity index (χ4v) is 5.12. The van der Waals surface area contributed by atoms with E-state index in [0.717, 1.165) is 28.9 Å². The molecule has 4 aromatic rings. The highest BCUT2D eigenvalue weighted by Crippen LogP contribution is 2.40. The van der Waals surface area contributed by atoms with Gasteiger partial charge in [0.05, 0.1) is 17.3 Å². The summed E-state index contributed by atoms with van der Waals surface area (Å²) < 4.78 is 6.30. The number of anilines is 1. The zero-order valence-corrected chi connectivity index (χ0v) is 22.2. The molecule has 1 amide bonds. The Balaban J connectivity index is 1.39. The number of aromatic nitrogens is 1. The summed E-state index contributed by atoms with van der Waals surface area (Å²) in [7, 11) is 0. The van der Waals surface area contributed by atoms with Gasteiger partial charge in [0.15, 0.2) is 5.11 Å². The highest BCUT2D eigenvalue weighted by atomic mass is 32.1. The molecule has 0 bridgehead atoms. The van der Waals surface area contributed by atoms with Crippen LogP contribution in [0.3, 0.4) is 0 Å². The van der Waals surface area contributed by atoms with Crippen LogP contribution in [0.25, 0.3) is 11.3 Å². The SMILES string of the molecule is CCc1ccccc1NC(=O)CCN1C(=S)N[C@H](c2ccccn2)[C@@H]1c1ccc(-c2ccc(C(=O)O)cc2)o1. The molecule has 0 saturated carbocycles. The second-order valence-corrected chi connectivity index (χ2v) is 9.60. The predicted molar refractivity (Wildman–Crippen MR) is 152 cm³/mol. The number of nitrogens with one attached hydrogen (secondary N) is 2. The number of rotatable bonds is 9. The van der Waals surface area contributed by atoms with Gasteiger partial charge >= 0.3 is 5.97 Å². The van der Waals surface area contributed by atoms with E-state index in [-0.39, 0.29) is 30.0 Å². The number of furan rings is 1. The van der Waals surface area contributed by atoms with Gasteiger partial charge in [0.25, 0.3) is 0 Å². The van der Waals surface area contributed by atoms with Gasteiger partial charge in [0, 0.05) is 30.4 Å². The lowest BCUT2D eigenvalue weighted by Crippen LogP contribution is -2.32. The van der Waals surface area contributed by atoms with Crippen LogP contribution in [-0.2, 0) is 11.2 Å². The van der Waals surface area contributed by atoms with Gasteiger partial charge in [-0.05, 0) is 66.7 Å². The van der Waals surface area contributed by atoms with E-state index in [0.29, 0.717) is 23.2 Å². The second-order valence-electron chi connectivity index (χ2n) is 9.21. The molecule has 1 aliphatic heterocycles. The third kappa shape index (κ3) is 5.68. The van der Waals surface area contributed by atoms with Crippen molar-refractivity contribution in [3.05, 3.63) is 108 Å². The largest absolute Gasteiger partial charge is 0.478 e. The lowest BCUT2D eigenvalue weighted by Gasteiger charge is -2.26. The van der Waals surface area contributed by atoms with Gasteiger partial charge in [0.2, 0.25) is 5.91 Å². The monoisotopic (exact) mass is 540 g/mol. The summed E-state index contributed by atoms with van der Waals surface area (Å²) in [6.45, 7) is 2.43. The van der Waals surface area contributed by atoms with E-state index < -0.39 is 5.97 Å². The molecule has 3 N–H and O–H groups in total. The maximum atomic E-state index is 12.9. The molecule has 5 rings (SSSR count). The van der Waals surface area contributed by atoms with E-state index >= 15 is 0 Å². The summed E-state index contributed by atoms with van der Waals surface area (Å²) in [5, 5.41) is 16.1. The Labute approximate surface area is 231 Å². The first-order valence-corrected chi connectivity index (χ1v) is 13.1. The molecule has 0 unspecified atom stereocenters. The molecule has 0 radical (unpaired) electrons. The third-order valence-electron chi connectivity index (χ3n) is 6.78. The van der Waals surface area contributed by atoms with Gasteiger partial charge in [0.1, 0.15) is 17.6 Å². The molecule has 198 valence electrons. The normalized spacial score (nSPS) is 16.6. The Kier molecular flexibility index (Phi) is 7.69. The average Bonchev–Trinajstić information content (AvgIpc) is 3.57. The number of thiocarbonyl (C=S) groups is 1. The van der Waals surface area contributed by atoms with Gasteiger partial charge < -0.3 is 25.1 Å². The molecule has 8 nitrogen and oxygen atoms in total. The first-order valence-electron chi connectivity index (χ1n) is 12.7. The number of carbonyl (C=O) groups excluding carboxylic acids is 1. The molecule has 0 spiro atoms. The summed E-state index contributed by atoms with van der Waals surface area (Å²) in [5.41, 5.74) is 3.67. The number of carboxylic acid groups (broad SMARTS) is 1. The second kappa shape index (κ2) is 11.5. The van der Waals surface area contributed by atoms with Crippen LogP contribution in [-0.4, -0.2) is 38.5 Å². The minimum atomic E-state index is -0.983. The smallest absolute Gasteiger partial charge is 0.335 e. The Hall–Kier alpha value is -4.50. The lowest BCUT2D eigenvalue weighted by atomic mass is 10.0. The molecule has 1 saturated heterocycles. The summed E-state index contributed by atoms with van der Waals surface area (Å²) in [6, 6.07) is 23.1. The zero-order valence-electron chi connectivity index (χ0n) is 21.3. The van der Waals surface area contributed by atoms with E-state index in [1.165, 1.54) is 0 Å². The van der Waals surface area contributed by atoms with Crippen LogP contribution in [0.2, 0.25) is 0 Å². The van der Waals surface area contributed by atoms with E-state index in [4.69, 9.17) is 16.6 Å². The predicted octanol–water partition coefficient (Wildman–Crippen LogP) is 5.60. The summed E-state index contributed by atoms with van der Waals surface area (Å²) >= 11 is 5.71. The van der Waals surface area contributed by atoms with Crippen molar-refractivity contribution < 1.29 is 19.1 Å². The van der Waals surface area contributed by atoms with Crippen LogP contribution in [0, 0.1) is 0 Å². The molecule has 2 aromatic heterocycles. The minimum absolute atomic E-state index is 0.0996. The van der Waals surface area contributed by atoms with Crippen molar-refractivity contribution in [1.82, 2.24) is 15.2 Å². The Morgan fingerprint density at radius 3 is 2.54 bits per heavy atom. The number of hydrogen-bond donors (Lipinski definition) is 3. The molecule has 1 aliphatic rings. The summed E-state index contributed by atoms with van der Waals surface area (Å²) in [4.78, 5) is 30.7. The average molecular weight is 541 g/mol. The molecule has 9 heteroatoms. The first kappa shape index (κ1) is 26.1. The minimum Gasteiger partial charge on any atom is -0.478 e. The van der Waals surface area contributed by atoms with Gasteiger partial charge in [-0.1, -0.05) is 43.3 Å². The van der Waals surface area contributed by atoms with Crippen molar-refractivity contribution in [3.8, 4) is 11.3 Å². The molecular weight excluding hydrogens is 512 g/mol. The standard InChI is InChI=1S/C30H28N4O4S/c1-2-19-7-3-4-8-22(19)32-26(35)16-18-34-28(27(33-30(34)39)23-9-5-6-17-31-23)25-15-14-24(38-25)20-10-12-21(13-11-20)29(36)37/h3-15,17,27-28H,2,16,18H2,1H3,(H,32,35)(H,33,39)(H,36,37)/t27-,28+/m1/s1. The topological polar surface area (TPSA) is 108 Å². The summed E-state index contributed by atoms with van der Waals surface area (Å²) in [5.74, 6) is 0.182. The molecule has 2 aromatic carbocycles. The van der Waals surface area contributed by atoms with Crippen LogP contribution in [0.5, 0.6) is 0 Å². The number of aromatic carboxylic acids is 1. The van der Waals surface area contributed by atoms with Crippen LogP contribution in [0.1, 0.15) is 52.8 Å².